The number of alkyl carbamates (subject to hydrolysis) is 1. The molecule has 3 aromatic rings. The molecule has 43 heavy (non-hydrogen) atoms. The standard InChI is InChI=1S/C34H38N4O5/c1-7-42-30(39)22-26-21-25(23(2)20-29(26)32(40)38(6)28-13-9-8-10-14-28)12-11-19-36-27-17-15-24(16-18-27)31(35)37-33(41)43-34(3,4)5/h8-10,13-18,20-21,36H,7,19,22H2,1-6H3,(H2,35,37,41). The number of hydrogen-bond donors (Lipinski definition) is 3. The number of para-hydroxylation sites is 1. The Labute approximate surface area is 253 Å². The first-order valence-electron chi connectivity index (χ1n) is 13.9. The Hall–Kier alpha value is -5.10. The van der Waals surface area contributed by atoms with E-state index in [1.165, 1.54) is 0 Å². The predicted octanol–water partition coefficient (Wildman–Crippen LogP) is 5.69. The summed E-state index contributed by atoms with van der Waals surface area (Å²) in [4.78, 5) is 39.3. The van der Waals surface area contributed by atoms with Gasteiger partial charge < -0.3 is 19.7 Å². The number of carbonyl (C=O) groups excluding carboxylic acids is 3. The highest BCUT2D eigenvalue weighted by molar-refractivity contribution is 6.07. The minimum absolute atomic E-state index is 0.0467. The normalized spacial score (nSPS) is 10.6. The van der Waals surface area contributed by atoms with Crippen molar-refractivity contribution in [1.29, 1.82) is 5.41 Å². The van der Waals surface area contributed by atoms with E-state index in [2.05, 4.69) is 22.5 Å². The molecule has 0 saturated carbocycles. The predicted molar refractivity (Wildman–Crippen MR) is 169 cm³/mol. The lowest BCUT2D eigenvalue weighted by atomic mass is 9.96. The fourth-order valence-electron chi connectivity index (χ4n) is 4.07. The Morgan fingerprint density at radius 1 is 1.00 bits per heavy atom. The summed E-state index contributed by atoms with van der Waals surface area (Å²) >= 11 is 0. The SMILES string of the molecule is CCOC(=O)Cc1cc(C#CCNc2ccc(C(=N)NC(=O)OC(C)(C)C)cc2)c(C)cc1C(=O)N(C)c1ccccc1. The molecule has 0 unspecified atom stereocenters. The van der Waals surface area contributed by atoms with Gasteiger partial charge in [0.1, 0.15) is 11.4 Å². The maximum absolute atomic E-state index is 13.4. The molecule has 0 aromatic heterocycles. The second kappa shape index (κ2) is 14.7. The Bertz CT molecular complexity index is 1530. The van der Waals surface area contributed by atoms with Crippen molar-refractivity contribution < 1.29 is 23.9 Å². The fraction of sp³-hybridized carbons (Fsp3) is 0.294. The molecule has 0 spiro atoms. The van der Waals surface area contributed by atoms with Crippen molar-refractivity contribution in [3.63, 3.8) is 0 Å². The van der Waals surface area contributed by atoms with Gasteiger partial charge in [-0.2, -0.15) is 0 Å². The number of amidine groups is 1. The lowest BCUT2D eigenvalue weighted by Gasteiger charge is -2.20. The third kappa shape index (κ3) is 9.75. The van der Waals surface area contributed by atoms with Crippen molar-refractivity contribution in [2.75, 3.05) is 30.4 Å². The van der Waals surface area contributed by atoms with Crippen molar-refractivity contribution in [3.8, 4) is 11.8 Å². The van der Waals surface area contributed by atoms with Gasteiger partial charge >= 0.3 is 12.1 Å². The van der Waals surface area contributed by atoms with Gasteiger partial charge in [-0.15, -0.1) is 0 Å². The van der Waals surface area contributed by atoms with Gasteiger partial charge in [0.2, 0.25) is 0 Å². The average Bonchev–Trinajstić information content (AvgIpc) is 2.95. The molecule has 9 nitrogen and oxygen atoms in total. The molecule has 0 bridgehead atoms. The maximum atomic E-state index is 13.4. The van der Waals surface area contributed by atoms with Gasteiger partial charge in [-0.05, 0) is 94.3 Å². The maximum Gasteiger partial charge on any atom is 0.413 e. The average molecular weight is 583 g/mol. The van der Waals surface area contributed by atoms with Crippen LogP contribution >= 0.6 is 0 Å². The molecule has 0 aliphatic rings. The summed E-state index contributed by atoms with van der Waals surface area (Å²) in [6.07, 6.45) is -0.731. The molecule has 3 rings (SSSR count). The molecule has 3 N–H and O–H groups in total. The summed E-state index contributed by atoms with van der Waals surface area (Å²) in [5.41, 5.74) is 3.89. The minimum Gasteiger partial charge on any atom is -0.466 e. The van der Waals surface area contributed by atoms with Gasteiger partial charge in [0.25, 0.3) is 5.91 Å². The molecule has 224 valence electrons. The number of amides is 2. The molecule has 0 saturated heterocycles. The van der Waals surface area contributed by atoms with E-state index in [1.54, 1.807) is 76.0 Å². The minimum atomic E-state index is -0.684. The van der Waals surface area contributed by atoms with Crippen LogP contribution in [0.3, 0.4) is 0 Å². The second-order valence-corrected chi connectivity index (χ2v) is 10.7. The number of ether oxygens (including phenoxy) is 2. The number of esters is 1. The Morgan fingerprint density at radius 2 is 1.67 bits per heavy atom. The Balaban J connectivity index is 1.72. The van der Waals surface area contributed by atoms with E-state index in [4.69, 9.17) is 14.9 Å². The van der Waals surface area contributed by atoms with Crippen LogP contribution in [-0.4, -0.2) is 49.6 Å². The quantitative estimate of drug-likeness (QED) is 0.136. The number of nitrogens with one attached hydrogen (secondary N) is 3. The van der Waals surface area contributed by atoms with E-state index in [9.17, 15) is 14.4 Å². The largest absolute Gasteiger partial charge is 0.466 e. The highest BCUT2D eigenvalue weighted by Crippen LogP contribution is 2.22. The number of benzene rings is 3. The zero-order valence-corrected chi connectivity index (χ0v) is 25.5. The van der Waals surface area contributed by atoms with Crippen LogP contribution < -0.4 is 15.5 Å². The van der Waals surface area contributed by atoms with Crippen molar-refractivity contribution in [2.45, 2.75) is 46.6 Å². The van der Waals surface area contributed by atoms with E-state index in [0.29, 0.717) is 28.8 Å². The number of anilines is 2. The van der Waals surface area contributed by atoms with Crippen molar-refractivity contribution in [3.05, 3.63) is 94.5 Å². The van der Waals surface area contributed by atoms with Gasteiger partial charge in [0.15, 0.2) is 0 Å². The molecule has 0 heterocycles. The van der Waals surface area contributed by atoms with E-state index in [0.717, 1.165) is 16.9 Å². The van der Waals surface area contributed by atoms with Crippen LogP contribution in [-0.2, 0) is 20.7 Å². The first-order valence-corrected chi connectivity index (χ1v) is 13.9. The van der Waals surface area contributed by atoms with E-state index >= 15 is 0 Å². The summed E-state index contributed by atoms with van der Waals surface area (Å²) in [5.74, 6) is 5.52. The highest BCUT2D eigenvalue weighted by atomic mass is 16.6. The van der Waals surface area contributed by atoms with Gasteiger partial charge in [-0.3, -0.25) is 20.3 Å². The summed E-state index contributed by atoms with van der Waals surface area (Å²) in [5, 5.41) is 13.7. The number of aryl methyl sites for hydroxylation is 1. The third-order valence-electron chi connectivity index (χ3n) is 6.17. The number of hydrogen-bond acceptors (Lipinski definition) is 7. The topological polar surface area (TPSA) is 121 Å². The lowest BCUT2D eigenvalue weighted by Crippen LogP contribution is -2.36. The van der Waals surface area contributed by atoms with Crippen molar-refractivity contribution >= 4 is 35.2 Å². The van der Waals surface area contributed by atoms with E-state index < -0.39 is 17.7 Å². The van der Waals surface area contributed by atoms with E-state index in [-0.39, 0.29) is 24.8 Å². The summed E-state index contributed by atoms with van der Waals surface area (Å²) in [6, 6.07) is 19.9. The monoisotopic (exact) mass is 582 g/mol. The Morgan fingerprint density at radius 3 is 2.30 bits per heavy atom. The summed E-state index contributed by atoms with van der Waals surface area (Å²) in [7, 11) is 1.70. The van der Waals surface area contributed by atoms with Crippen LogP contribution in [0.2, 0.25) is 0 Å². The van der Waals surface area contributed by atoms with Crippen LogP contribution in [0.15, 0.2) is 66.7 Å². The van der Waals surface area contributed by atoms with Crippen LogP contribution in [0.25, 0.3) is 0 Å². The molecule has 0 atom stereocenters. The summed E-state index contributed by atoms with van der Waals surface area (Å²) in [6.45, 7) is 9.46. The Kier molecular flexibility index (Phi) is 11.1. The molecule has 0 aliphatic heterocycles. The number of rotatable bonds is 8. The lowest BCUT2D eigenvalue weighted by molar-refractivity contribution is -0.142. The number of nitrogens with zero attached hydrogens (tertiary/aromatic N) is 1. The zero-order chi connectivity index (χ0) is 31.6. The van der Waals surface area contributed by atoms with Gasteiger partial charge in [-0.25, -0.2) is 4.79 Å². The highest BCUT2D eigenvalue weighted by Gasteiger charge is 2.21. The van der Waals surface area contributed by atoms with Gasteiger partial charge in [-0.1, -0.05) is 30.0 Å². The number of carbonyl (C=O) groups is 3. The van der Waals surface area contributed by atoms with Crippen molar-refractivity contribution in [2.24, 2.45) is 0 Å². The first-order chi connectivity index (χ1) is 20.4. The molecular formula is C34H38N4O5. The van der Waals surface area contributed by atoms with E-state index in [1.807, 2.05) is 37.3 Å². The third-order valence-corrected chi connectivity index (χ3v) is 6.17. The van der Waals surface area contributed by atoms with Crippen LogP contribution in [0.5, 0.6) is 0 Å². The van der Waals surface area contributed by atoms with Crippen LogP contribution in [0.4, 0.5) is 16.2 Å². The smallest absolute Gasteiger partial charge is 0.413 e. The zero-order valence-electron chi connectivity index (χ0n) is 25.5. The second-order valence-electron chi connectivity index (χ2n) is 10.7. The molecule has 0 aliphatic carbocycles. The first kappa shape index (κ1) is 32.4. The molecule has 9 heteroatoms. The molecule has 0 radical (unpaired) electrons. The van der Waals surface area contributed by atoms with Crippen LogP contribution in [0.1, 0.15) is 60.3 Å². The summed E-state index contributed by atoms with van der Waals surface area (Å²) < 4.78 is 10.3. The fourth-order valence-corrected chi connectivity index (χ4v) is 4.07. The molecule has 3 aromatic carbocycles. The molecule has 2 amide bonds. The van der Waals surface area contributed by atoms with Gasteiger partial charge in [0.05, 0.1) is 19.6 Å². The van der Waals surface area contributed by atoms with Crippen LogP contribution in [0, 0.1) is 24.2 Å². The van der Waals surface area contributed by atoms with Crippen molar-refractivity contribution in [1.82, 2.24) is 5.32 Å². The molecule has 0 fully saturated rings. The molecular weight excluding hydrogens is 544 g/mol. The van der Waals surface area contributed by atoms with Gasteiger partial charge in [0, 0.05) is 35.1 Å².